The van der Waals surface area contributed by atoms with E-state index >= 15 is 0 Å². The molecule has 0 aliphatic heterocycles. The van der Waals surface area contributed by atoms with Crippen LogP contribution >= 0.6 is 15.9 Å². The molecule has 2 heterocycles. The van der Waals surface area contributed by atoms with Gasteiger partial charge >= 0.3 is 0 Å². The summed E-state index contributed by atoms with van der Waals surface area (Å²) >= 11 is 3.30. The minimum Gasteiger partial charge on any atom is -0.326 e. The maximum atomic E-state index is 5.43. The lowest BCUT2D eigenvalue weighted by Gasteiger charge is -1.99. The highest BCUT2D eigenvalue weighted by molar-refractivity contribution is 9.10. The van der Waals surface area contributed by atoms with Gasteiger partial charge < -0.3 is 5.73 Å². The van der Waals surface area contributed by atoms with Crippen LogP contribution in [-0.4, -0.2) is 19.7 Å². The highest BCUT2D eigenvalue weighted by Crippen LogP contribution is 2.08. The maximum absolute atomic E-state index is 5.43. The number of halogens is 1. The second-order valence-electron chi connectivity index (χ2n) is 2.70. The Morgan fingerprint density at radius 2 is 2.00 bits per heavy atom. The number of rotatable bonds is 2. The third kappa shape index (κ3) is 1.80. The molecule has 14 heavy (non-hydrogen) atoms. The Balaban J connectivity index is 2.33. The summed E-state index contributed by atoms with van der Waals surface area (Å²) in [5.41, 5.74) is 6.34. The van der Waals surface area contributed by atoms with Crippen LogP contribution in [0, 0.1) is 0 Å². The number of nitrogens with zero attached hydrogens (tertiary/aromatic N) is 4. The molecule has 2 aromatic heterocycles. The van der Waals surface area contributed by atoms with E-state index in [2.05, 4.69) is 31.0 Å². The molecular formula is C8H8BrN5. The molecule has 0 aromatic carbocycles. The smallest absolute Gasteiger partial charge is 0.250 e. The van der Waals surface area contributed by atoms with E-state index in [-0.39, 0.29) is 0 Å². The molecule has 0 spiro atoms. The highest BCUT2D eigenvalue weighted by atomic mass is 79.9. The molecule has 0 saturated heterocycles. The molecule has 0 unspecified atom stereocenters. The van der Waals surface area contributed by atoms with Gasteiger partial charge in [-0.1, -0.05) is 0 Å². The predicted molar refractivity (Wildman–Crippen MR) is 54.7 cm³/mol. The van der Waals surface area contributed by atoms with E-state index in [0.717, 1.165) is 10.0 Å². The molecule has 72 valence electrons. The summed E-state index contributed by atoms with van der Waals surface area (Å²) in [7, 11) is 0. The van der Waals surface area contributed by atoms with E-state index in [0.29, 0.717) is 12.5 Å². The number of hydrogen-bond acceptors (Lipinski definition) is 4. The van der Waals surface area contributed by atoms with Crippen LogP contribution in [0.3, 0.4) is 0 Å². The zero-order valence-corrected chi connectivity index (χ0v) is 8.85. The summed E-state index contributed by atoms with van der Waals surface area (Å²) in [6, 6.07) is 0. The summed E-state index contributed by atoms with van der Waals surface area (Å²) in [5.74, 6) is 0.535. The maximum Gasteiger partial charge on any atom is 0.250 e. The van der Waals surface area contributed by atoms with Crippen LogP contribution in [0.4, 0.5) is 0 Å². The van der Waals surface area contributed by atoms with E-state index in [4.69, 9.17) is 5.73 Å². The van der Waals surface area contributed by atoms with E-state index in [1.807, 2.05) is 0 Å². The number of hydrogen-bond donors (Lipinski definition) is 1. The Morgan fingerprint density at radius 1 is 1.29 bits per heavy atom. The van der Waals surface area contributed by atoms with Gasteiger partial charge in [-0.3, -0.25) is 0 Å². The normalized spacial score (nSPS) is 10.4. The molecule has 2 rings (SSSR count). The van der Waals surface area contributed by atoms with Crippen molar-refractivity contribution in [3.63, 3.8) is 0 Å². The fourth-order valence-electron chi connectivity index (χ4n) is 0.982. The van der Waals surface area contributed by atoms with E-state index in [1.165, 1.54) is 0 Å². The van der Waals surface area contributed by atoms with Crippen LogP contribution in [0.2, 0.25) is 0 Å². The first-order chi connectivity index (χ1) is 6.79. The topological polar surface area (TPSA) is 69.6 Å². The molecule has 6 heteroatoms. The van der Waals surface area contributed by atoms with Crippen molar-refractivity contribution in [2.45, 2.75) is 6.54 Å². The molecule has 0 aliphatic carbocycles. The van der Waals surface area contributed by atoms with Crippen molar-refractivity contribution in [3.05, 3.63) is 34.8 Å². The van der Waals surface area contributed by atoms with Crippen molar-refractivity contribution in [2.75, 3.05) is 0 Å². The van der Waals surface area contributed by atoms with Gasteiger partial charge in [0.1, 0.15) is 0 Å². The van der Waals surface area contributed by atoms with Crippen molar-refractivity contribution >= 4 is 15.9 Å². The summed E-state index contributed by atoms with van der Waals surface area (Å²) in [4.78, 5) is 8.24. The van der Waals surface area contributed by atoms with Crippen LogP contribution in [0.1, 0.15) is 5.56 Å². The largest absolute Gasteiger partial charge is 0.326 e. The van der Waals surface area contributed by atoms with Crippen LogP contribution < -0.4 is 5.73 Å². The Bertz CT molecular complexity index is 422. The fraction of sp³-hybridized carbons (Fsp3) is 0.125. The lowest BCUT2D eigenvalue weighted by molar-refractivity contribution is 0.800. The van der Waals surface area contributed by atoms with Gasteiger partial charge in [0.25, 0.3) is 0 Å². The number of aromatic nitrogens is 4. The highest BCUT2D eigenvalue weighted by Gasteiger charge is 2.01. The molecule has 0 radical (unpaired) electrons. The van der Waals surface area contributed by atoms with E-state index in [9.17, 15) is 0 Å². The Hall–Kier alpha value is -1.27. The Morgan fingerprint density at radius 3 is 2.50 bits per heavy atom. The van der Waals surface area contributed by atoms with Crippen molar-refractivity contribution in [3.8, 4) is 5.95 Å². The molecule has 2 N–H and O–H groups in total. The van der Waals surface area contributed by atoms with E-state index in [1.54, 1.807) is 29.5 Å². The molecule has 0 atom stereocenters. The van der Waals surface area contributed by atoms with Crippen molar-refractivity contribution in [1.82, 2.24) is 19.7 Å². The van der Waals surface area contributed by atoms with Crippen molar-refractivity contribution < 1.29 is 0 Å². The van der Waals surface area contributed by atoms with Crippen LogP contribution in [0.25, 0.3) is 5.95 Å². The minimum absolute atomic E-state index is 0.448. The minimum atomic E-state index is 0.448. The first-order valence-electron chi connectivity index (χ1n) is 4.01. The van der Waals surface area contributed by atoms with Crippen LogP contribution in [-0.2, 0) is 6.54 Å². The average Bonchev–Trinajstić information content (AvgIpc) is 2.65. The molecular weight excluding hydrogens is 246 g/mol. The van der Waals surface area contributed by atoms with Gasteiger partial charge in [-0.15, -0.1) is 0 Å². The molecule has 2 aromatic rings. The summed E-state index contributed by atoms with van der Waals surface area (Å²) in [6.45, 7) is 0.448. The van der Waals surface area contributed by atoms with Gasteiger partial charge in [-0.25, -0.2) is 14.6 Å². The fourth-order valence-corrected chi connectivity index (χ4v) is 1.27. The van der Waals surface area contributed by atoms with Crippen molar-refractivity contribution in [1.29, 1.82) is 0 Å². The third-order valence-electron chi connectivity index (χ3n) is 1.68. The molecule has 0 saturated carbocycles. The van der Waals surface area contributed by atoms with Gasteiger partial charge in [0.15, 0.2) is 0 Å². The molecule has 0 aliphatic rings. The second-order valence-corrected chi connectivity index (χ2v) is 3.61. The van der Waals surface area contributed by atoms with E-state index < -0.39 is 0 Å². The monoisotopic (exact) mass is 253 g/mol. The number of nitrogens with two attached hydrogens (primary N) is 1. The lowest BCUT2D eigenvalue weighted by Crippen LogP contribution is -2.04. The average molecular weight is 254 g/mol. The van der Waals surface area contributed by atoms with Gasteiger partial charge in [0, 0.05) is 30.7 Å². The zero-order chi connectivity index (χ0) is 9.97. The predicted octanol–water partition coefficient (Wildman–Crippen LogP) is 0.884. The third-order valence-corrected chi connectivity index (χ3v) is 2.09. The summed E-state index contributed by atoms with van der Waals surface area (Å²) in [5, 5.41) is 4.06. The standard InChI is InChI=1S/C8H8BrN5/c9-7-4-13-14(5-7)8-11-2-6(1-10)3-12-8/h2-5H,1,10H2. The summed E-state index contributed by atoms with van der Waals surface area (Å²) < 4.78 is 2.48. The SMILES string of the molecule is NCc1cnc(-n2cc(Br)cn2)nc1. The summed E-state index contributed by atoms with van der Waals surface area (Å²) in [6.07, 6.45) is 6.85. The quantitative estimate of drug-likeness (QED) is 0.863. The van der Waals surface area contributed by atoms with Crippen LogP contribution in [0.5, 0.6) is 0 Å². The van der Waals surface area contributed by atoms with Crippen LogP contribution in [0.15, 0.2) is 29.3 Å². The molecule has 0 amide bonds. The Labute approximate surface area is 89.1 Å². The molecule has 0 bridgehead atoms. The Kier molecular flexibility index (Phi) is 2.55. The second kappa shape index (κ2) is 3.85. The van der Waals surface area contributed by atoms with Gasteiger partial charge in [0.05, 0.1) is 10.7 Å². The van der Waals surface area contributed by atoms with Gasteiger partial charge in [-0.05, 0) is 15.9 Å². The molecule has 5 nitrogen and oxygen atoms in total. The first kappa shape index (κ1) is 9.29. The lowest BCUT2D eigenvalue weighted by atomic mass is 10.3. The molecule has 0 fully saturated rings. The first-order valence-corrected chi connectivity index (χ1v) is 4.80. The van der Waals surface area contributed by atoms with Crippen molar-refractivity contribution in [2.24, 2.45) is 5.73 Å². The van der Waals surface area contributed by atoms with Gasteiger partial charge in [-0.2, -0.15) is 5.10 Å². The zero-order valence-electron chi connectivity index (χ0n) is 7.26. The van der Waals surface area contributed by atoms with Gasteiger partial charge in [0.2, 0.25) is 5.95 Å².